The Morgan fingerprint density at radius 3 is 2.80 bits per heavy atom. The minimum atomic E-state index is -0.842. The largest absolute Gasteiger partial charge is 0.481 e. The Hall–Kier alpha value is -1.20. The van der Waals surface area contributed by atoms with Gasteiger partial charge in [0, 0.05) is 6.54 Å². The van der Waals surface area contributed by atoms with E-state index in [1.165, 1.54) is 11.3 Å². The van der Waals surface area contributed by atoms with Crippen molar-refractivity contribution >= 4 is 23.1 Å². The van der Waals surface area contributed by atoms with Gasteiger partial charge < -0.3 is 5.11 Å². The molecule has 1 N–H and O–H groups in total. The number of carboxylic acid groups (broad SMARTS) is 1. The van der Waals surface area contributed by atoms with Gasteiger partial charge in [0.05, 0.1) is 17.8 Å². The first-order valence-electron chi connectivity index (χ1n) is 4.56. The van der Waals surface area contributed by atoms with Crippen molar-refractivity contribution in [2.75, 3.05) is 20.1 Å². The summed E-state index contributed by atoms with van der Waals surface area (Å²) in [6, 6.07) is 3.60. The summed E-state index contributed by atoms with van der Waals surface area (Å²) in [5, 5.41) is 10.3. The number of hydrogen-bond donors (Lipinski definition) is 1. The molecule has 4 nitrogen and oxygen atoms in total. The molecule has 0 atom stereocenters. The molecule has 0 aliphatic heterocycles. The standard InChI is InChI=1S/C10H13NO3S/c1-11(5-4-10(13)14)7-8(12)9-3-2-6-15-9/h2-3,6H,4-5,7H2,1H3,(H,13,14). The zero-order chi connectivity index (χ0) is 11.3. The summed E-state index contributed by atoms with van der Waals surface area (Å²) in [6.45, 7) is 0.667. The lowest BCUT2D eigenvalue weighted by Crippen LogP contribution is -2.27. The quantitative estimate of drug-likeness (QED) is 0.745. The Labute approximate surface area is 92.1 Å². The lowest BCUT2D eigenvalue weighted by molar-refractivity contribution is -0.137. The number of nitrogens with zero attached hydrogens (tertiary/aromatic N) is 1. The first-order chi connectivity index (χ1) is 7.09. The number of aliphatic carboxylic acids is 1. The first kappa shape index (κ1) is 11.9. The van der Waals surface area contributed by atoms with Crippen molar-refractivity contribution in [3.05, 3.63) is 22.4 Å². The van der Waals surface area contributed by atoms with Gasteiger partial charge in [0.1, 0.15) is 0 Å². The smallest absolute Gasteiger partial charge is 0.304 e. The molecule has 82 valence electrons. The minimum Gasteiger partial charge on any atom is -0.481 e. The van der Waals surface area contributed by atoms with Crippen LogP contribution in [-0.2, 0) is 4.79 Å². The molecular formula is C10H13NO3S. The molecule has 0 fully saturated rings. The maximum absolute atomic E-state index is 11.6. The highest BCUT2D eigenvalue weighted by molar-refractivity contribution is 7.12. The molecule has 0 saturated heterocycles. The van der Waals surface area contributed by atoms with Crippen molar-refractivity contribution in [3.63, 3.8) is 0 Å². The van der Waals surface area contributed by atoms with Crippen molar-refractivity contribution in [2.24, 2.45) is 0 Å². The molecule has 1 aromatic heterocycles. The summed E-state index contributed by atoms with van der Waals surface area (Å²) in [4.78, 5) is 24.3. The average Bonchev–Trinajstić information content (AvgIpc) is 2.67. The number of likely N-dealkylation sites (N-methyl/N-ethyl adjacent to an activating group) is 1. The second kappa shape index (κ2) is 5.63. The third kappa shape index (κ3) is 4.22. The van der Waals surface area contributed by atoms with Crippen LogP contribution < -0.4 is 0 Å². The van der Waals surface area contributed by atoms with Gasteiger partial charge in [0.25, 0.3) is 0 Å². The molecule has 0 aliphatic rings. The average molecular weight is 227 g/mol. The van der Waals surface area contributed by atoms with Crippen LogP contribution >= 0.6 is 11.3 Å². The minimum absolute atomic E-state index is 0.0397. The summed E-state index contributed by atoms with van der Waals surface area (Å²) in [7, 11) is 1.74. The molecule has 0 unspecified atom stereocenters. The molecule has 0 aliphatic carbocycles. The van der Waals surface area contributed by atoms with Crippen LogP contribution in [0.1, 0.15) is 16.1 Å². The molecule has 1 heterocycles. The van der Waals surface area contributed by atoms with E-state index in [1.54, 1.807) is 18.0 Å². The van der Waals surface area contributed by atoms with Gasteiger partial charge in [-0.2, -0.15) is 0 Å². The van der Waals surface area contributed by atoms with E-state index in [9.17, 15) is 9.59 Å². The van der Waals surface area contributed by atoms with E-state index in [0.29, 0.717) is 6.54 Å². The fraction of sp³-hybridized carbons (Fsp3) is 0.400. The normalized spacial score (nSPS) is 10.5. The van der Waals surface area contributed by atoms with E-state index in [-0.39, 0.29) is 18.7 Å². The second-order valence-electron chi connectivity index (χ2n) is 3.28. The van der Waals surface area contributed by atoms with Gasteiger partial charge in [-0.15, -0.1) is 11.3 Å². The SMILES string of the molecule is CN(CCC(=O)O)CC(=O)c1cccs1. The van der Waals surface area contributed by atoms with Crippen molar-refractivity contribution in [2.45, 2.75) is 6.42 Å². The number of carbonyl (C=O) groups is 2. The van der Waals surface area contributed by atoms with Gasteiger partial charge in [-0.1, -0.05) is 6.07 Å². The van der Waals surface area contributed by atoms with Crippen LogP contribution in [0.5, 0.6) is 0 Å². The molecule has 5 heteroatoms. The maximum Gasteiger partial charge on any atom is 0.304 e. The highest BCUT2D eigenvalue weighted by Crippen LogP contribution is 2.09. The van der Waals surface area contributed by atoms with Crippen LogP contribution in [0.25, 0.3) is 0 Å². The third-order valence-electron chi connectivity index (χ3n) is 1.92. The zero-order valence-corrected chi connectivity index (χ0v) is 9.29. The third-order valence-corrected chi connectivity index (χ3v) is 2.83. The van der Waals surface area contributed by atoms with E-state index in [4.69, 9.17) is 5.11 Å². The molecule has 0 amide bonds. The van der Waals surface area contributed by atoms with Crippen LogP contribution in [-0.4, -0.2) is 41.9 Å². The van der Waals surface area contributed by atoms with Crippen molar-refractivity contribution in [1.82, 2.24) is 4.90 Å². The lowest BCUT2D eigenvalue weighted by atomic mass is 10.3. The molecule has 0 aromatic carbocycles. The molecule has 0 saturated carbocycles. The Bertz CT molecular complexity index is 334. The highest BCUT2D eigenvalue weighted by atomic mass is 32.1. The van der Waals surface area contributed by atoms with Crippen molar-refractivity contribution in [3.8, 4) is 0 Å². The summed E-state index contributed by atoms with van der Waals surface area (Å²) in [5.74, 6) is -0.802. The molecule has 15 heavy (non-hydrogen) atoms. The number of rotatable bonds is 6. The Morgan fingerprint density at radius 1 is 1.53 bits per heavy atom. The van der Waals surface area contributed by atoms with Gasteiger partial charge in [0.15, 0.2) is 5.78 Å². The summed E-state index contributed by atoms with van der Waals surface area (Å²) >= 11 is 1.40. The van der Waals surface area contributed by atoms with E-state index < -0.39 is 5.97 Å². The Morgan fingerprint density at radius 2 is 2.27 bits per heavy atom. The first-order valence-corrected chi connectivity index (χ1v) is 5.44. The maximum atomic E-state index is 11.6. The number of carboxylic acids is 1. The van der Waals surface area contributed by atoms with Crippen LogP contribution in [0.2, 0.25) is 0 Å². The Kier molecular flexibility index (Phi) is 4.45. The molecule has 0 radical (unpaired) electrons. The predicted molar refractivity (Wildman–Crippen MR) is 58.4 cm³/mol. The van der Waals surface area contributed by atoms with Gasteiger partial charge in [-0.25, -0.2) is 0 Å². The Balaban J connectivity index is 2.35. The molecule has 1 aromatic rings. The monoisotopic (exact) mass is 227 g/mol. The molecule has 0 spiro atoms. The van der Waals surface area contributed by atoms with Crippen LogP contribution in [0, 0.1) is 0 Å². The molecule has 1 rings (SSSR count). The lowest BCUT2D eigenvalue weighted by Gasteiger charge is -2.13. The van der Waals surface area contributed by atoms with Gasteiger partial charge in [-0.3, -0.25) is 14.5 Å². The van der Waals surface area contributed by atoms with Crippen LogP contribution in [0.4, 0.5) is 0 Å². The van der Waals surface area contributed by atoms with Crippen molar-refractivity contribution < 1.29 is 14.7 Å². The van der Waals surface area contributed by atoms with Gasteiger partial charge in [0.2, 0.25) is 0 Å². The summed E-state index contributed by atoms with van der Waals surface area (Å²) in [6.07, 6.45) is 0.0637. The number of carbonyl (C=O) groups excluding carboxylic acids is 1. The van der Waals surface area contributed by atoms with Crippen molar-refractivity contribution in [1.29, 1.82) is 0 Å². The van der Waals surface area contributed by atoms with E-state index >= 15 is 0 Å². The van der Waals surface area contributed by atoms with Crippen LogP contribution in [0.15, 0.2) is 17.5 Å². The molecular weight excluding hydrogens is 214 g/mol. The highest BCUT2D eigenvalue weighted by Gasteiger charge is 2.10. The molecule has 0 bridgehead atoms. The number of thiophene rings is 1. The van der Waals surface area contributed by atoms with Gasteiger partial charge in [-0.05, 0) is 18.5 Å². The van der Waals surface area contributed by atoms with E-state index in [1.807, 2.05) is 11.4 Å². The predicted octanol–water partition coefficient (Wildman–Crippen LogP) is 1.34. The number of ketones is 1. The van der Waals surface area contributed by atoms with E-state index in [2.05, 4.69) is 0 Å². The summed E-state index contributed by atoms with van der Waals surface area (Å²) < 4.78 is 0. The number of hydrogen-bond acceptors (Lipinski definition) is 4. The fourth-order valence-electron chi connectivity index (χ4n) is 1.13. The summed E-state index contributed by atoms with van der Waals surface area (Å²) in [5.41, 5.74) is 0. The van der Waals surface area contributed by atoms with E-state index in [0.717, 1.165) is 4.88 Å². The second-order valence-corrected chi connectivity index (χ2v) is 4.23. The van der Waals surface area contributed by atoms with Crippen LogP contribution in [0.3, 0.4) is 0 Å². The topological polar surface area (TPSA) is 57.6 Å². The fourth-order valence-corrected chi connectivity index (χ4v) is 1.78. The zero-order valence-electron chi connectivity index (χ0n) is 8.47. The van der Waals surface area contributed by atoms with Gasteiger partial charge >= 0.3 is 5.97 Å². The number of Topliss-reactive ketones (excluding diaryl/α,β-unsaturated/α-hetero) is 1.